The van der Waals surface area contributed by atoms with Gasteiger partial charge in [-0.15, -0.1) is 22.7 Å². The van der Waals surface area contributed by atoms with Crippen molar-refractivity contribution in [3.63, 3.8) is 0 Å². The van der Waals surface area contributed by atoms with E-state index in [1.807, 2.05) is 59.1 Å². The monoisotopic (exact) mass is 762 g/mol. The quantitative estimate of drug-likeness (QED) is 0.175. The summed E-state index contributed by atoms with van der Waals surface area (Å²) in [6.07, 6.45) is 0. The van der Waals surface area contributed by atoms with E-state index >= 15 is 0 Å². The normalized spacial score (nSPS) is 11.9. The number of hydrogen-bond acceptors (Lipinski definition) is 5. The Morgan fingerprint density at radius 3 is 1.54 bits per heavy atom. The maximum absolute atomic E-state index is 5.17. The highest BCUT2D eigenvalue weighted by molar-refractivity contribution is 7.27. The van der Waals surface area contributed by atoms with E-state index < -0.39 is 0 Å². The second-order valence-electron chi connectivity index (χ2n) is 14.3. The fraction of sp³-hybridized carbons (Fsp3) is 0. The Kier molecular flexibility index (Phi) is 7.24. The van der Waals surface area contributed by atoms with Crippen LogP contribution in [0.25, 0.3) is 113 Å². The van der Waals surface area contributed by atoms with Gasteiger partial charge in [-0.05, 0) is 42.0 Å². The van der Waals surface area contributed by atoms with Crippen LogP contribution in [-0.4, -0.2) is 19.5 Å². The highest BCUT2D eigenvalue weighted by atomic mass is 32.1. The molecule has 0 aliphatic carbocycles. The number of fused-ring (bicyclic) bond motifs is 9. The van der Waals surface area contributed by atoms with Crippen LogP contribution in [0.1, 0.15) is 0 Å². The fourth-order valence-corrected chi connectivity index (χ4v) is 11.0. The zero-order chi connectivity index (χ0) is 37.5. The van der Waals surface area contributed by atoms with Crippen LogP contribution in [0.3, 0.4) is 0 Å². The van der Waals surface area contributed by atoms with Crippen LogP contribution in [0.4, 0.5) is 0 Å². The maximum Gasteiger partial charge on any atom is 0.164 e. The highest BCUT2D eigenvalue weighted by Gasteiger charge is 2.21. The van der Waals surface area contributed by atoms with Gasteiger partial charge in [-0.1, -0.05) is 146 Å². The maximum atomic E-state index is 5.17. The Balaban J connectivity index is 1.07. The Morgan fingerprint density at radius 1 is 0.351 bits per heavy atom. The predicted octanol–water partition coefficient (Wildman–Crippen LogP) is 14.4. The second kappa shape index (κ2) is 12.8. The summed E-state index contributed by atoms with van der Waals surface area (Å²) in [5.41, 5.74) is 8.98. The van der Waals surface area contributed by atoms with E-state index in [-0.39, 0.29) is 0 Å². The SMILES string of the molecule is c1ccc(-c2nc(-c3ccccc3)nc(-c3cccc4sc5cccc(-c6cccc7c6sc6cc(-n8c9ccccc9c9ccccc98)ccc67)c5c34)n2)cc1. The molecule has 12 rings (SSSR count). The smallest absolute Gasteiger partial charge is 0.164 e. The Bertz CT molecular complexity index is 3410. The van der Waals surface area contributed by atoms with Gasteiger partial charge in [-0.3, -0.25) is 0 Å². The lowest BCUT2D eigenvalue weighted by Crippen LogP contribution is -2.00. The molecule has 6 heteroatoms. The molecule has 4 nitrogen and oxygen atoms in total. The van der Waals surface area contributed by atoms with Crippen molar-refractivity contribution in [2.45, 2.75) is 0 Å². The molecule has 0 fully saturated rings. The molecule has 266 valence electrons. The average molecular weight is 763 g/mol. The first kappa shape index (κ1) is 32.3. The van der Waals surface area contributed by atoms with Crippen LogP contribution >= 0.6 is 22.7 Å². The summed E-state index contributed by atoms with van der Waals surface area (Å²) in [4.78, 5) is 15.3. The minimum Gasteiger partial charge on any atom is -0.309 e. The molecule has 0 N–H and O–H groups in total. The third kappa shape index (κ3) is 5.08. The van der Waals surface area contributed by atoms with Crippen molar-refractivity contribution < 1.29 is 0 Å². The van der Waals surface area contributed by atoms with E-state index in [2.05, 4.69) is 150 Å². The minimum atomic E-state index is 0.659. The van der Waals surface area contributed by atoms with Crippen LogP contribution in [0.5, 0.6) is 0 Å². The van der Waals surface area contributed by atoms with Crippen molar-refractivity contribution in [1.29, 1.82) is 0 Å². The molecule has 57 heavy (non-hydrogen) atoms. The molecule has 0 aliphatic heterocycles. The van der Waals surface area contributed by atoms with E-state index in [1.165, 1.54) is 79.0 Å². The van der Waals surface area contributed by atoms with Crippen LogP contribution in [-0.2, 0) is 0 Å². The Morgan fingerprint density at radius 2 is 0.877 bits per heavy atom. The van der Waals surface area contributed by atoms with Crippen LogP contribution in [0.2, 0.25) is 0 Å². The fourth-order valence-electron chi connectivity index (χ4n) is 8.55. The van der Waals surface area contributed by atoms with E-state index in [0.717, 1.165) is 16.7 Å². The van der Waals surface area contributed by atoms with Gasteiger partial charge in [0.05, 0.1) is 11.0 Å². The zero-order valence-corrected chi connectivity index (χ0v) is 32.1. The van der Waals surface area contributed by atoms with Gasteiger partial charge in [0.15, 0.2) is 17.5 Å². The lowest BCUT2D eigenvalue weighted by Gasteiger charge is -2.11. The van der Waals surface area contributed by atoms with Crippen molar-refractivity contribution in [3.05, 3.63) is 182 Å². The van der Waals surface area contributed by atoms with Gasteiger partial charge in [0.25, 0.3) is 0 Å². The summed E-state index contributed by atoms with van der Waals surface area (Å²) in [6, 6.07) is 64.8. The van der Waals surface area contributed by atoms with Gasteiger partial charge in [0, 0.05) is 79.1 Å². The second-order valence-corrected chi connectivity index (χ2v) is 16.5. The van der Waals surface area contributed by atoms with Crippen molar-refractivity contribution in [2.24, 2.45) is 0 Å². The summed E-state index contributed by atoms with van der Waals surface area (Å²) in [5.74, 6) is 1.98. The molecular formula is C51H30N4S2. The summed E-state index contributed by atoms with van der Waals surface area (Å²) in [7, 11) is 0. The average Bonchev–Trinajstić information content (AvgIpc) is 3.96. The van der Waals surface area contributed by atoms with Gasteiger partial charge >= 0.3 is 0 Å². The van der Waals surface area contributed by atoms with Gasteiger partial charge in [0.2, 0.25) is 0 Å². The standard InChI is InChI=1S/C51H30N4S2/c1-3-14-31(15-4-1)49-52-50(32-16-5-2-6-17-32)54-51(53-49)40-23-13-27-44-47(40)46-37(20-12-26-43(46)56-44)39-22-11-21-38-36-29-28-33(30-45(36)57-48(38)39)55-41-24-9-7-18-34(41)35-19-8-10-25-42(35)55/h1-30H. The lowest BCUT2D eigenvalue weighted by molar-refractivity contribution is 1.08. The minimum absolute atomic E-state index is 0.659. The molecule has 4 heterocycles. The topological polar surface area (TPSA) is 43.6 Å². The van der Waals surface area contributed by atoms with E-state index in [0.29, 0.717) is 17.5 Å². The molecule has 0 amide bonds. The summed E-state index contributed by atoms with van der Waals surface area (Å²) >= 11 is 3.70. The third-order valence-electron chi connectivity index (χ3n) is 11.1. The summed E-state index contributed by atoms with van der Waals surface area (Å²) in [5, 5.41) is 7.49. The number of thiophene rings is 2. The largest absolute Gasteiger partial charge is 0.309 e. The number of aromatic nitrogens is 4. The van der Waals surface area contributed by atoms with Gasteiger partial charge in [-0.25, -0.2) is 15.0 Å². The van der Waals surface area contributed by atoms with Crippen LogP contribution < -0.4 is 0 Å². The first-order valence-electron chi connectivity index (χ1n) is 19.0. The molecule has 0 saturated carbocycles. The highest BCUT2D eigenvalue weighted by Crippen LogP contribution is 2.48. The molecule has 0 saturated heterocycles. The summed E-state index contributed by atoms with van der Waals surface area (Å²) in [6.45, 7) is 0. The van der Waals surface area contributed by atoms with Crippen molar-refractivity contribution in [1.82, 2.24) is 19.5 Å². The van der Waals surface area contributed by atoms with Crippen molar-refractivity contribution in [2.75, 3.05) is 0 Å². The molecule has 0 bridgehead atoms. The lowest BCUT2D eigenvalue weighted by atomic mass is 9.96. The predicted molar refractivity (Wildman–Crippen MR) is 242 cm³/mol. The van der Waals surface area contributed by atoms with E-state index in [9.17, 15) is 0 Å². The van der Waals surface area contributed by atoms with Crippen molar-refractivity contribution >= 4 is 84.8 Å². The number of benzene rings is 8. The third-order valence-corrected chi connectivity index (χ3v) is 13.4. The molecule has 0 unspecified atom stereocenters. The van der Waals surface area contributed by atoms with Gasteiger partial charge in [-0.2, -0.15) is 0 Å². The number of nitrogens with zero attached hydrogens (tertiary/aromatic N) is 4. The van der Waals surface area contributed by atoms with Gasteiger partial charge in [0.1, 0.15) is 0 Å². The molecule has 4 aromatic heterocycles. The molecular weight excluding hydrogens is 733 g/mol. The van der Waals surface area contributed by atoms with Gasteiger partial charge < -0.3 is 4.57 Å². The number of para-hydroxylation sites is 2. The Hall–Kier alpha value is -6.99. The Labute approximate surface area is 335 Å². The van der Waals surface area contributed by atoms with E-state index in [4.69, 9.17) is 15.0 Å². The first-order chi connectivity index (χ1) is 28.3. The van der Waals surface area contributed by atoms with Crippen molar-refractivity contribution in [3.8, 4) is 51.0 Å². The first-order valence-corrected chi connectivity index (χ1v) is 20.7. The molecule has 8 aromatic carbocycles. The molecule has 0 aliphatic rings. The van der Waals surface area contributed by atoms with Crippen LogP contribution in [0.15, 0.2) is 182 Å². The molecule has 0 atom stereocenters. The van der Waals surface area contributed by atoms with Crippen LogP contribution in [0, 0.1) is 0 Å². The summed E-state index contributed by atoms with van der Waals surface area (Å²) < 4.78 is 7.41. The number of rotatable bonds is 5. The molecule has 0 spiro atoms. The zero-order valence-electron chi connectivity index (χ0n) is 30.4. The molecule has 0 radical (unpaired) electrons. The van der Waals surface area contributed by atoms with E-state index in [1.54, 1.807) is 0 Å². The molecule has 12 aromatic rings. The number of hydrogen-bond donors (Lipinski definition) is 0.